The Kier molecular flexibility index (Phi) is 5.47. The summed E-state index contributed by atoms with van der Waals surface area (Å²) in [6.45, 7) is 0.0784. The third kappa shape index (κ3) is 3.73. The third-order valence-corrected chi connectivity index (χ3v) is 2.74. The summed E-state index contributed by atoms with van der Waals surface area (Å²) in [5.74, 6) is 0. The summed E-state index contributed by atoms with van der Waals surface area (Å²) < 4.78 is 0. The lowest BCUT2D eigenvalue weighted by Gasteiger charge is -2.19. The van der Waals surface area contributed by atoms with Gasteiger partial charge in [0.1, 0.15) is 6.10 Å². The Morgan fingerprint density at radius 1 is 1.35 bits per heavy atom. The Balaban J connectivity index is 2.81. The summed E-state index contributed by atoms with van der Waals surface area (Å²) in [5.41, 5.74) is 8.31. The van der Waals surface area contributed by atoms with Gasteiger partial charge in [-0.3, -0.25) is 4.98 Å². The zero-order chi connectivity index (χ0) is 12.8. The van der Waals surface area contributed by atoms with Crippen molar-refractivity contribution in [3.8, 4) is 0 Å². The molecule has 0 saturated carbocycles. The van der Waals surface area contributed by atoms with E-state index in [1.807, 2.05) is 0 Å². The standard InChI is InChI=1S/C9H10Cl2N4O2/c10-5-3-13-4-6(11)8(5)9(17)7(16)1-2-14-15-12/h3-4,7,9,16-17H,1-2H2. The Morgan fingerprint density at radius 3 is 2.47 bits per heavy atom. The van der Waals surface area contributed by atoms with Gasteiger partial charge in [-0.25, -0.2) is 0 Å². The lowest BCUT2D eigenvalue weighted by molar-refractivity contribution is 0.0151. The Hall–Kier alpha value is -1.04. The second-order valence-corrected chi connectivity index (χ2v) is 4.09. The van der Waals surface area contributed by atoms with Crippen LogP contribution in [0, 0.1) is 0 Å². The van der Waals surface area contributed by atoms with E-state index in [9.17, 15) is 10.2 Å². The fraction of sp³-hybridized carbons (Fsp3) is 0.444. The number of aliphatic hydroxyl groups is 2. The van der Waals surface area contributed by atoms with E-state index in [4.69, 9.17) is 28.7 Å². The van der Waals surface area contributed by atoms with Crippen LogP contribution in [0.2, 0.25) is 10.0 Å². The molecule has 0 fully saturated rings. The van der Waals surface area contributed by atoms with E-state index in [1.165, 1.54) is 12.4 Å². The van der Waals surface area contributed by atoms with Crippen molar-refractivity contribution in [2.45, 2.75) is 18.6 Å². The molecule has 6 nitrogen and oxygen atoms in total. The van der Waals surface area contributed by atoms with E-state index in [0.29, 0.717) is 0 Å². The van der Waals surface area contributed by atoms with Crippen LogP contribution < -0.4 is 0 Å². The number of aliphatic hydroxyl groups excluding tert-OH is 2. The first-order chi connectivity index (χ1) is 8.07. The Morgan fingerprint density at radius 2 is 1.94 bits per heavy atom. The van der Waals surface area contributed by atoms with Gasteiger partial charge < -0.3 is 10.2 Å². The molecule has 0 aliphatic heterocycles. The van der Waals surface area contributed by atoms with E-state index < -0.39 is 12.2 Å². The average Bonchev–Trinajstić information content (AvgIpc) is 2.28. The molecule has 2 N–H and O–H groups in total. The minimum absolute atomic E-state index is 0.0784. The quantitative estimate of drug-likeness (QED) is 0.491. The number of rotatable bonds is 5. The molecule has 0 saturated heterocycles. The van der Waals surface area contributed by atoms with Crippen molar-refractivity contribution in [1.82, 2.24) is 4.98 Å². The first-order valence-corrected chi connectivity index (χ1v) is 5.49. The van der Waals surface area contributed by atoms with Gasteiger partial charge in [0.15, 0.2) is 0 Å². The highest BCUT2D eigenvalue weighted by Gasteiger charge is 2.23. The number of hydrogen-bond donors (Lipinski definition) is 2. The van der Waals surface area contributed by atoms with Crippen molar-refractivity contribution < 1.29 is 10.2 Å². The van der Waals surface area contributed by atoms with Crippen LogP contribution >= 0.6 is 23.2 Å². The molecule has 0 aliphatic carbocycles. The van der Waals surface area contributed by atoms with E-state index in [1.54, 1.807) is 0 Å². The SMILES string of the molecule is [N-]=[N+]=NCCC(O)C(O)c1c(Cl)cncc1Cl. The van der Waals surface area contributed by atoms with Crippen LogP contribution in [-0.2, 0) is 0 Å². The molecule has 1 aromatic heterocycles. The number of pyridine rings is 1. The lowest BCUT2D eigenvalue weighted by atomic mass is 10.0. The van der Waals surface area contributed by atoms with E-state index in [0.717, 1.165) is 0 Å². The molecule has 17 heavy (non-hydrogen) atoms. The van der Waals surface area contributed by atoms with Crippen molar-refractivity contribution in [2.24, 2.45) is 5.11 Å². The maximum Gasteiger partial charge on any atom is 0.108 e. The van der Waals surface area contributed by atoms with Crippen molar-refractivity contribution in [3.05, 3.63) is 38.4 Å². The normalized spacial score (nSPS) is 13.9. The van der Waals surface area contributed by atoms with Gasteiger partial charge in [0.25, 0.3) is 0 Å². The van der Waals surface area contributed by atoms with Crippen LogP contribution in [0.15, 0.2) is 17.5 Å². The van der Waals surface area contributed by atoms with E-state index >= 15 is 0 Å². The highest BCUT2D eigenvalue weighted by Crippen LogP contribution is 2.31. The predicted octanol–water partition coefficient (Wildman–Crippen LogP) is 2.48. The van der Waals surface area contributed by atoms with Crippen molar-refractivity contribution >= 4 is 23.2 Å². The van der Waals surface area contributed by atoms with Crippen LogP contribution in [-0.4, -0.2) is 27.8 Å². The minimum Gasteiger partial charge on any atom is -0.390 e. The van der Waals surface area contributed by atoms with E-state index in [-0.39, 0.29) is 28.6 Å². The third-order valence-electron chi connectivity index (χ3n) is 2.14. The molecular weight excluding hydrogens is 267 g/mol. The highest BCUT2D eigenvalue weighted by atomic mass is 35.5. The fourth-order valence-electron chi connectivity index (χ4n) is 1.29. The number of azide groups is 1. The molecule has 0 radical (unpaired) electrons. The molecule has 1 rings (SSSR count). The molecule has 8 heteroatoms. The highest BCUT2D eigenvalue weighted by molar-refractivity contribution is 6.35. The van der Waals surface area contributed by atoms with Gasteiger partial charge in [-0.1, -0.05) is 28.3 Å². The van der Waals surface area contributed by atoms with Crippen LogP contribution in [0.5, 0.6) is 0 Å². The molecule has 0 spiro atoms. The van der Waals surface area contributed by atoms with Gasteiger partial charge in [-0.15, -0.1) is 0 Å². The molecule has 0 aliphatic rings. The first kappa shape index (κ1) is 14.0. The van der Waals surface area contributed by atoms with Crippen LogP contribution in [0.3, 0.4) is 0 Å². The van der Waals surface area contributed by atoms with Gasteiger partial charge in [0.2, 0.25) is 0 Å². The first-order valence-electron chi connectivity index (χ1n) is 4.73. The van der Waals surface area contributed by atoms with Crippen LogP contribution in [0.25, 0.3) is 10.4 Å². The summed E-state index contributed by atoms with van der Waals surface area (Å²) in [4.78, 5) is 6.28. The summed E-state index contributed by atoms with van der Waals surface area (Å²) >= 11 is 11.7. The smallest absolute Gasteiger partial charge is 0.108 e. The fourth-order valence-corrected chi connectivity index (χ4v) is 1.88. The van der Waals surface area contributed by atoms with Gasteiger partial charge in [0.05, 0.1) is 16.1 Å². The topological polar surface area (TPSA) is 102 Å². The summed E-state index contributed by atoms with van der Waals surface area (Å²) in [5, 5.41) is 23.2. The zero-order valence-corrected chi connectivity index (χ0v) is 10.2. The summed E-state index contributed by atoms with van der Waals surface area (Å²) in [7, 11) is 0. The Labute approximate surface area is 107 Å². The number of halogens is 2. The van der Waals surface area contributed by atoms with Crippen molar-refractivity contribution in [2.75, 3.05) is 6.54 Å². The van der Waals surface area contributed by atoms with Gasteiger partial charge >= 0.3 is 0 Å². The predicted molar refractivity (Wildman–Crippen MR) is 63.9 cm³/mol. The lowest BCUT2D eigenvalue weighted by Crippen LogP contribution is -2.20. The molecule has 1 heterocycles. The average molecular weight is 277 g/mol. The van der Waals surface area contributed by atoms with Gasteiger partial charge in [-0.05, 0) is 12.0 Å². The van der Waals surface area contributed by atoms with Crippen LogP contribution in [0.4, 0.5) is 0 Å². The molecule has 0 aromatic carbocycles. The molecule has 0 amide bonds. The monoisotopic (exact) mass is 276 g/mol. The largest absolute Gasteiger partial charge is 0.390 e. The molecular formula is C9H10Cl2N4O2. The maximum atomic E-state index is 9.87. The number of hydrogen-bond acceptors (Lipinski definition) is 4. The molecule has 2 unspecified atom stereocenters. The van der Waals surface area contributed by atoms with Gasteiger partial charge in [-0.2, -0.15) is 0 Å². The molecule has 0 bridgehead atoms. The summed E-state index contributed by atoms with van der Waals surface area (Å²) in [6, 6.07) is 0. The second kappa shape index (κ2) is 6.64. The molecule has 92 valence electrons. The second-order valence-electron chi connectivity index (χ2n) is 3.27. The maximum absolute atomic E-state index is 9.87. The number of nitrogens with zero attached hydrogens (tertiary/aromatic N) is 4. The van der Waals surface area contributed by atoms with Crippen molar-refractivity contribution in [1.29, 1.82) is 0 Å². The molecule has 2 atom stereocenters. The Bertz CT molecular complexity index is 417. The summed E-state index contributed by atoms with van der Waals surface area (Å²) in [6.07, 6.45) is 0.406. The molecule has 1 aromatic rings. The van der Waals surface area contributed by atoms with E-state index in [2.05, 4.69) is 15.0 Å². The van der Waals surface area contributed by atoms with Crippen molar-refractivity contribution in [3.63, 3.8) is 0 Å². The zero-order valence-electron chi connectivity index (χ0n) is 8.66. The number of aromatic nitrogens is 1. The van der Waals surface area contributed by atoms with Crippen LogP contribution in [0.1, 0.15) is 18.1 Å². The van der Waals surface area contributed by atoms with Gasteiger partial charge in [0, 0.05) is 29.4 Å². The minimum atomic E-state index is -1.24.